The quantitative estimate of drug-likeness (QED) is 0.298. The van der Waals surface area contributed by atoms with E-state index in [1.165, 1.54) is 6.07 Å². The number of nitrogens with one attached hydrogen (secondary N) is 1. The van der Waals surface area contributed by atoms with E-state index in [0.29, 0.717) is 18.2 Å². The number of hydrogen-bond donors (Lipinski definition) is 1. The molecule has 0 aliphatic heterocycles. The number of nitriles is 1. The fourth-order valence-electron chi connectivity index (χ4n) is 2.39. The Morgan fingerprint density at radius 2 is 1.86 bits per heavy atom. The second kappa shape index (κ2) is 6.64. The third-order valence-electron chi connectivity index (χ3n) is 3.70. The van der Waals surface area contributed by atoms with Crippen molar-refractivity contribution >= 4 is 28.6 Å². The van der Waals surface area contributed by atoms with Crippen molar-refractivity contribution in [3.63, 3.8) is 0 Å². The van der Waals surface area contributed by atoms with Crippen LogP contribution in [-0.4, -0.2) is 10.8 Å². The molecular formula is C15H6F3N5O6. The molecule has 29 heavy (non-hydrogen) atoms. The Balaban J connectivity index is 2.12. The number of hydrogen-bond acceptors (Lipinski definition) is 7. The Labute approximate surface area is 157 Å². The van der Waals surface area contributed by atoms with Gasteiger partial charge in [0.15, 0.2) is 6.07 Å². The van der Waals surface area contributed by atoms with Crippen LogP contribution in [0, 0.1) is 31.9 Å². The number of nitrogens with zero attached hydrogens (tertiary/aromatic N) is 4. The molecule has 0 fully saturated rings. The van der Waals surface area contributed by atoms with Crippen molar-refractivity contribution in [3.8, 4) is 6.07 Å². The van der Waals surface area contributed by atoms with Gasteiger partial charge in [-0.15, -0.1) is 4.73 Å². The fraction of sp³-hybridized carbons (Fsp3) is 0.0667. The summed E-state index contributed by atoms with van der Waals surface area (Å²) in [5, 5.41) is 46.5. The van der Waals surface area contributed by atoms with Gasteiger partial charge in [-0.2, -0.15) is 23.7 Å². The monoisotopic (exact) mass is 409 g/mol. The molecule has 0 aliphatic rings. The van der Waals surface area contributed by atoms with Gasteiger partial charge in [0.1, 0.15) is 4.92 Å². The number of nitro groups is 1. The van der Waals surface area contributed by atoms with Gasteiger partial charge in [0.05, 0.1) is 11.6 Å². The van der Waals surface area contributed by atoms with Crippen LogP contribution in [0.2, 0.25) is 0 Å². The molecule has 0 saturated heterocycles. The summed E-state index contributed by atoms with van der Waals surface area (Å²) in [7, 11) is 0. The number of carbonyl (C=O) groups excluding carboxylic acids is 1. The second-order valence-electron chi connectivity index (χ2n) is 5.45. The lowest BCUT2D eigenvalue weighted by Gasteiger charge is -2.14. The fourth-order valence-corrected chi connectivity index (χ4v) is 2.39. The molecular weight excluding hydrogens is 403 g/mol. The maximum atomic E-state index is 12.9. The van der Waals surface area contributed by atoms with E-state index in [4.69, 9.17) is 5.26 Å². The van der Waals surface area contributed by atoms with Gasteiger partial charge in [0.25, 0.3) is 5.52 Å². The predicted molar refractivity (Wildman–Crippen MR) is 84.9 cm³/mol. The van der Waals surface area contributed by atoms with Crippen LogP contribution in [-0.2, 0) is 6.18 Å². The second-order valence-corrected chi connectivity index (χ2v) is 5.45. The Morgan fingerprint density at radius 1 is 1.17 bits per heavy atom. The number of fused-ring (bicyclic) bond motifs is 1. The summed E-state index contributed by atoms with van der Waals surface area (Å²) in [5.74, 6) is -3.47. The molecule has 0 bridgehead atoms. The van der Waals surface area contributed by atoms with Gasteiger partial charge >= 0.3 is 29.5 Å². The Bertz CT molecular complexity index is 1210. The topological polar surface area (TPSA) is 163 Å². The molecule has 0 unspecified atom stereocenters. The molecule has 0 saturated carbocycles. The average molecular weight is 409 g/mol. The van der Waals surface area contributed by atoms with Gasteiger partial charge in [-0.05, 0) is 18.2 Å². The van der Waals surface area contributed by atoms with Crippen molar-refractivity contribution in [2.24, 2.45) is 0 Å². The highest BCUT2D eigenvalue weighted by atomic mass is 19.4. The van der Waals surface area contributed by atoms with E-state index in [2.05, 4.69) is 4.42 Å². The molecule has 0 atom stereocenters. The normalized spacial score (nSPS) is 11.2. The van der Waals surface area contributed by atoms with Crippen LogP contribution in [0.1, 0.15) is 21.8 Å². The Kier molecular flexibility index (Phi) is 4.43. The molecule has 3 aromatic rings. The number of alkyl halides is 3. The summed E-state index contributed by atoms with van der Waals surface area (Å²) in [5.41, 5.74) is -3.54. The van der Waals surface area contributed by atoms with Crippen LogP contribution >= 0.6 is 0 Å². The maximum Gasteiger partial charge on any atom is 0.433 e. The first-order chi connectivity index (χ1) is 13.5. The predicted octanol–water partition coefficient (Wildman–Crippen LogP) is 1.75. The molecule has 0 aliphatic carbocycles. The van der Waals surface area contributed by atoms with Gasteiger partial charge in [-0.3, -0.25) is 10.1 Å². The third-order valence-corrected chi connectivity index (χ3v) is 3.70. The smallest absolute Gasteiger partial charge is 0.433 e. The van der Waals surface area contributed by atoms with Crippen molar-refractivity contribution in [1.82, 2.24) is 0 Å². The van der Waals surface area contributed by atoms with E-state index >= 15 is 0 Å². The first-order valence-corrected chi connectivity index (χ1v) is 7.40. The summed E-state index contributed by atoms with van der Waals surface area (Å²) >= 11 is 0. The molecule has 1 N–H and O–H groups in total. The minimum absolute atomic E-state index is 0.113. The number of benzene rings is 1. The van der Waals surface area contributed by atoms with Crippen molar-refractivity contribution in [2.45, 2.75) is 6.18 Å². The Hall–Kier alpha value is -4.41. The summed E-state index contributed by atoms with van der Waals surface area (Å²) in [6.07, 6.45) is -4.80. The van der Waals surface area contributed by atoms with Crippen LogP contribution < -0.4 is 14.8 Å². The van der Waals surface area contributed by atoms with Crippen LogP contribution in [0.4, 0.5) is 24.9 Å². The van der Waals surface area contributed by atoms with Crippen molar-refractivity contribution in [3.05, 3.63) is 67.9 Å². The molecule has 0 spiro atoms. The van der Waals surface area contributed by atoms with Crippen LogP contribution in [0.15, 0.2) is 34.7 Å². The lowest BCUT2D eigenvalue weighted by Crippen LogP contribution is -2.44. The zero-order valence-electron chi connectivity index (χ0n) is 13.8. The van der Waals surface area contributed by atoms with Gasteiger partial charge < -0.3 is 14.8 Å². The summed E-state index contributed by atoms with van der Waals surface area (Å²) in [4.78, 5) is 21.8. The summed E-state index contributed by atoms with van der Waals surface area (Å²) in [6, 6.07) is 4.74. The first kappa shape index (κ1) is 19.4. The third kappa shape index (κ3) is 3.32. The lowest BCUT2D eigenvalue weighted by molar-refractivity contribution is -0.620. The molecule has 1 amide bonds. The number of carbonyl (C=O) groups is 1. The molecule has 11 nitrogen and oxygen atoms in total. The SMILES string of the molecule is N#Cc1c(NC(=O)c2ccc([N+](=O)[O-])o2)[n+]([O-])c2ccc(C(F)(F)F)cc2[n+]1[O-]. The van der Waals surface area contributed by atoms with E-state index in [1.54, 1.807) is 0 Å². The highest BCUT2D eigenvalue weighted by molar-refractivity contribution is 6.02. The zero-order chi connectivity index (χ0) is 21.5. The minimum Gasteiger partial charge on any atom is -0.710 e. The number of anilines is 1. The van der Waals surface area contributed by atoms with Crippen LogP contribution in [0.25, 0.3) is 11.0 Å². The van der Waals surface area contributed by atoms with Gasteiger partial charge in [0.2, 0.25) is 11.3 Å². The number of aromatic nitrogens is 2. The van der Waals surface area contributed by atoms with Crippen molar-refractivity contribution in [2.75, 3.05) is 5.32 Å². The van der Waals surface area contributed by atoms with E-state index < -0.39 is 56.8 Å². The molecule has 3 rings (SSSR count). The number of rotatable bonds is 3. The molecule has 148 valence electrons. The summed E-state index contributed by atoms with van der Waals surface area (Å²) in [6.45, 7) is 0. The van der Waals surface area contributed by atoms with E-state index in [0.717, 1.165) is 12.1 Å². The maximum absolute atomic E-state index is 12.9. The van der Waals surface area contributed by atoms with Gasteiger partial charge in [-0.25, -0.2) is 9.52 Å². The zero-order valence-corrected chi connectivity index (χ0v) is 13.8. The number of amides is 1. The summed E-state index contributed by atoms with van der Waals surface area (Å²) < 4.78 is 42.9. The number of furan rings is 1. The van der Waals surface area contributed by atoms with Gasteiger partial charge in [-0.1, -0.05) is 0 Å². The molecule has 2 aromatic heterocycles. The first-order valence-electron chi connectivity index (χ1n) is 7.40. The minimum atomic E-state index is -4.80. The standard InChI is InChI=1S/C15H6F3N5O6/c16-15(17,18)7-1-2-8-9(5-7)21(25)10(6-19)13(22(8)26)20-14(24)11-3-4-12(29-11)23(27)28/h1-5H,(H,20,24). The largest absolute Gasteiger partial charge is 0.710 e. The number of halogens is 3. The van der Waals surface area contributed by atoms with E-state index in [1.807, 2.05) is 5.32 Å². The molecule has 14 heteroatoms. The molecule has 0 radical (unpaired) electrons. The molecule has 2 heterocycles. The van der Waals surface area contributed by atoms with Gasteiger partial charge in [0, 0.05) is 6.07 Å². The van der Waals surface area contributed by atoms with Crippen molar-refractivity contribution in [1.29, 1.82) is 5.26 Å². The average Bonchev–Trinajstić information content (AvgIpc) is 3.15. The van der Waals surface area contributed by atoms with E-state index in [9.17, 15) is 38.5 Å². The highest BCUT2D eigenvalue weighted by Crippen LogP contribution is 2.30. The highest BCUT2D eigenvalue weighted by Gasteiger charge is 2.35. The van der Waals surface area contributed by atoms with Crippen molar-refractivity contribution < 1.29 is 36.8 Å². The van der Waals surface area contributed by atoms with Crippen LogP contribution in [0.3, 0.4) is 0 Å². The molecule has 1 aromatic carbocycles. The Morgan fingerprint density at radius 3 is 2.41 bits per heavy atom. The lowest BCUT2D eigenvalue weighted by atomic mass is 10.2. The van der Waals surface area contributed by atoms with E-state index in [-0.39, 0.29) is 9.46 Å². The van der Waals surface area contributed by atoms with Crippen LogP contribution in [0.5, 0.6) is 0 Å².